The van der Waals surface area contributed by atoms with Crippen molar-refractivity contribution in [2.24, 2.45) is 0 Å². The van der Waals surface area contributed by atoms with E-state index in [0.29, 0.717) is 6.54 Å². The number of carbonyl (C=O) groups is 1. The van der Waals surface area contributed by atoms with Crippen molar-refractivity contribution in [3.8, 4) is 0 Å². The summed E-state index contributed by atoms with van der Waals surface area (Å²) in [6, 6.07) is 4.30. The molecular formula is C17H26N2O2. The highest BCUT2D eigenvalue weighted by molar-refractivity contribution is 5.93. The number of aliphatic hydroxyl groups is 1. The van der Waals surface area contributed by atoms with Crippen LogP contribution in [0.4, 0.5) is 5.69 Å². The lowest BCUT2D eigenvalue weighted by atomic mass is 10.0. The third-order valence-corrected chi connectivity index (χ3v) is 4.25. The van der Waals surface area contributed by atoms with Gasteiger partial charge in [0.15, 0.2) is 0 Å². The third kappa shape index (κ3) is 4.05. The molecule has 1 heterocycles. The van der Waals surface area contributed by atoms with Crippen molar-refractivity contribution in [3.63, 3.8) is 0 Å². The lowest BCUT2D eigenvalue weighted by molar-refractivity contribution is -0.118. The first kappa shape index (κ1) is 16.0. The van der Waals surface area contributed by atoms with Crippen molar-refractivity contribution in [2.45, 2.75) is 46.1 Å². The molecule has 4 nitrogen and oxygen atoms in total. The maximum Gasteiger partial charge on any atom is 0.238 e. The van der Waals surface area contributed by atoms with Crippen LogP contribution in [0.1, 0.15) is 36.0 Å². The van der Waals surface area contributed by atoms with Gasteiger partial charge < -0.3 is 10.4 Å². The van der Waals surface area contributed by atoms with Gasteiger partial charge in [-0.3, -0.25) is 9.69 Å². The summed E-state index contributed by atoms with van der Waals surface area (Å²) < 4.78 is 0. The average Bonchev–Trinajstić information content (AvgIpc) is 2.43. The van der Waals surface area contributed by atoms with Gasteiger partial charge in [0.2, 0.25) is 5.91 Å². The number of anilines is 1. The number of likely N-dealkylation sites (tertiary alicyclic amines) is 1. The van der Waals surface area contributed by atoms with Gasteiger partial charge >= 0.3 is 0 Å². The van der Waals surface area contributed by atoms with E-state index in [2.05, 4.69) is 29.3 Å². The fourth-order valence-corrected chi connectivity index (χ4v) is 3.22. The van der Waals surface area contributed by atoms with E-state index in [1.807, 2.05) is 13.8 Å². The van der Waals surface area contributed by atoms with Crippen LogP contribution in [0.5, 0.6) is 0 Å². The highest BCUT2D eigenvalue weighted by Crippen LogP contribution is 2.22. The Kier molecular flexibility index (Phi) is 5.37. The van der Waals surface area contributed by atoms with E-state index in [1.165, 1.54) is 5.56 Å². The molecule has 1 atom stereocenters. The quantitative estimate of drug-likeness (QED) is 0.895. The van der Waals surface area contributed by atoms with Gasteiger partial charge in [-0.15, -0.1) is 0 Å². The second-order valence-electron chi connectivity index (χ2n) is 6.12. The van der Waals surface area contributed by atoms with E-state index in [1.54, 1.807) is 0 Å². The molecule has 1 amide bonds. The lowest BCUT2D eigenvalue weighted by Gasteiger charge is -2.33. The summed E-state index contributed by atoms with van der Waals surface area (Å²) in [5, 5.41) is 12.4. The Morgan fingerprint density at radius 3 is 2.57 bits per heavy atom. The van der Waals surface area contributed by atoms with Crippen LogP contribution in [0.15, 0.2) is 12.1 Å². The minimum Gasteiger partial charge on any atom is -0.395 e. The molecule has 1 aliphatic heterocycles. The molecule has 21 heavy (non-hydrogen) atoms. The zero-order valence-electron chi connectivity index (χ0n) is 13.3. The van der Waals surface area contributed by atoms with E-state index in [4.69, 9.17) is 0 Å². The summed E-state index contributed by atoms with van der Waals surface area (Å²) in [5.41, 5.74) is 4.32. The minimum absolute atomic E-state index is 0.00500. The number of aryl methyl sites for hydroxylation is 3. The number of amides is 1. The molecule has 0 saturated carbocycles. The number of benzene rings is 1. The second kappa shape index (κ2) is 7.05. The molecule has 2 rings (SSSR count). The molecule has 116 valence electrons. The molecule has 0 aliphatic carbocycles. The van der Waals surface area contributed by atoms with Gasteiger partial charge in [-0.1, -0.05) is 24.1 Å². The molecule has 1 saturated heterocycles. The maximum absolute atomic E-state index is 12.3. The minimum atomic E-state index is 0.00500. The largest absolute Gasteiger partial charge is 0.395 e. The molecule has 0 spiro atoms. The Morgan fingerprint density at radius 2 is 1.95 bits per heavy atom. The molecule has 1 aliphatic rings. The second-order valence-corrected chi connectivity index (χ2v) is 6.12. The van der Waals surface area contributed by atoms with Gasteiger partial charge in [-0.05, 0) is 51.3 Å². The third-order valence-electron chi connectivity index (χ3n) is 4.25. The predicted octanol–water partition coefficient (Wildman–Crippen LogP) is 2.40. The molecule has 4 heteroatoms. The molecule has 0 radical (unpaired) electrons. The van der Waals surface area contributed by atoms with Crippen LogP contribution in [0.2, 0.25) is 0 Å². The van der Waals surface area contributed by atoms with Crippen molar-refractivity contribution in [1.82, 2.24) is 4.90 Å². The van der Waals surface area contributed by atoms with Gasteiger partial charge in [0.05, 0.1) is 13.2 Å². The van der Waals surface area contributed by atoms with E-state index in [0.717, 1.165) is 42.6 Å². The lowest BCUT2D eigenvalue weighted by Crippen LogP contribution is -2.45. The summed E-state index contributed by atoms with van der Waals surface area (Å²) >= 11 is 0. The fourth-order valence-electron chi connectivity index (χ4n) is 3.22. The van der Waals surface area contributed by atoms with Gasteiger partial charge in [-0.2, -0.15) is 0 Å². The zero-order chi connectivity index (χ0) is 15.4. The van der Waals surface area contributed by atoms with Crippen LogP contribution in [0.3, 0.4) is 0 Å². The number of piperidine rings is 1. The highest BCUT2D eigenvalue weighted by Gasteiger charge is 2.23. The van der Waals surface area contributed by atoms with Gasteiger partial charge in [0, 0.05) is 11.7 Å². The van der Waals surface area contributed by atoms with Crippen LogP contribution < -0.4 is 5.32 Å². The smallest absolute Gasteiger partial charge is 0.238 e. The molecule has 1 aromatic rings. The maximum atomic E-state index is 12.3. The van der Waals surface area contributed by atoms with Crippen LogP contribution >= 0.6 is 0 Å². The highest BCUT2D eigenvalue weighted by atomic mass is 16.3. The topological polar surface area (TPSA) is 52.6 Å². The van der Waals surface area contributed by atoms with Crippen LogP contribution in [0.25, 0.3) is 0 Å². The van der Waals surface area contributed by atoms with Crippen molar-refractivity contribution in [3.05, 3.63) is 28.8 Å². The first-order chi connectivity index (χ1) is 10.0. The summed E-state index contributed by atoms with van der Waals surface area (Å²) in [5.74, 6) is 0.00500. The molecule has 1 unspecified atom stereocenters. The summed E-state index contributed by atoms with van der Waals surface area (Å²) in [4.78, 5) is 14.4. The van der Waals surface area contributed by atoms with Crippen LogP contribution in [-0.2, 0) is 4.79 Å². The monoisotopic (exact) mass is 290 g/mol. The average molecular weight is 290 g/mol. The molecule has 1 aromatic carbocycles. The number of hydrogen-bond acceptors (Lipinski definition) is 3. The van der Waals surface area contributed by atoms with Gasteiger partial charge in [0.25, 0.3) is 0 Å². The Balaban J connectivity index is 2.01. The standard InChI is InChI=1S/C17H26N2O2/c1-12-8-13(2)17(14(3)9-12)18-16(21)10-19-7-5-4-6-15(19)11-20/h8-9,15,20H,4-7,10-11H2,1-3H3,(H,18,21). The Hall–Kier alpha value is -1.39. The van der Waals surface area contributed by atoms with E-state index in [-0.39, 0.29) is 18.6 Å². The van der Waals surface area contributed by atoms with E-state index >= 15 is 0 Å². The SMILES string of the molecule is Cc1cc(C)c(NC(=O)CN2CCCCC2CO)c(C)c1. The van der Waals surface area contributed by atoms with Crippen molar-refractivity contribution in [2.75, 3.05) is 25.0 Å². The first-order valence-electron chi connectivity index (χ1n) is 7.74. The number of rotatable bonds is 4. The number of carbonyl (C=O) groups excluding carboxylic acids is 1. The summed E-state index contributed by atoms with van der Waals surface area (Å²) in [6.07, 6.45) is 3.22. The zero-order valence-corrected chi connectivity index (χ0v) is 13.3. The summed E-state index contributed by atoms with van der Waals surface area (Å²) in [7, 11) is 0. The van der Waals surface area contributed by atoms with Crippen LogP contribution in [-0.4, -0.2) is 41.7 Å². The molecule has 1 fully saturated rings. The fraction of sp³-hybridized carbons (Fsp3) is 0.588. The number of nitrogens with zero attached hydrogens (tertiary/aromatic N) is 1. The van der Waals surface area contributed by atoms with Crippen molar-refractivity contribution >= 4 is 11.6 Å². The number of hydrogen-bond donors (Lipinski definition) is 2. The molecular weight excluding hydrogens is 264 g/mol. The Bertz CT molecular complexity index is 491. The number of nitrogens with one attached hydrogen (secondary N) is 1. The predicted molar refractivity (Wildman–Crippen MR) is 85.6 cm³/mol. The van der Waals surface area contributed by atoms with Crippen LogP contribution in [0, 0.1) is 20.8 Å². The number of aliphatic hydroxyl groups excluding tert-OH is 1. The Labute approximate surface area is 127 Å². The van der Waals surface area contributed by atoms with Crippen molar-refractivity contribution in [1.29, 1.82) is 0 Å². The molecule has 0 aromatic heterocycles. The van der Waals surface area contributed by atoms with Gasteiger partial charge in [0.1, 0.15) is 0 Å². The van der Waals surface area contributed by atoms with Gasteiger partial charge in [-0.25, -0.2) is 0 Å². The first-order valence-corrected chi connectivity index (χ1v) is 7.74. The van der Waals surface area contributed by atoms with E-state index < -0.39 is 0 Å². The Morgan fingerprint density at radius 1 is 1.29 bits per heavy atom. The molecule has 2 N–H and O–H groups in total. The molecule has 0 bridgehead atoms. The summed E-state index contributed by atoms with van der Waals surface area (Å²) in [6.45, 7) is 7.49. The van der Waals surface area contributed by atoms with E-state index in [9.17, 15) is 9.90 Å². The van der Waals surface area contributed by atoms with Crippen molar-refractivity contribution < 1.29 is 9.90 Å². The normalized spacial score (nSPS) is 19.5.